The lowest BCUT2D eigenvalue weighted by atomic mass is 9.80. The van der Waals surface area contributed by atoms with E-state index >= 15 is 0 Å². The van der Waals surface area contributed by atoms with Gasteiger partial charge in [-0.15, -0.1) is 0 Å². The van der Waals surface area contributed by atoms with Crippen molar-refractivity contribution in [2.45, 2.75) is 83.3 Å². The molecule has 1 aliphatic carbocycles. The first-order valence-electron chi connectivity index (χ1n) is 11.2. The summed E-state index contributed by atoms with van der Waals surface area (Å²) in [4.78, 5) is 25.7. The third-order valence-electron chi connectivity index (χ3n) is 6.87. The molecule has 2 N–H and O–H groups in total. The van der Waals surface area contributed by atoms with E-state index in [1.807, 2.05) is 0 Å². The lowest BCUT2D eigenvalue weighted by molar-refractivity contribution is -0.127. The highest BCUT2D eigenvalue weighted by atomic mass is 16.2. The van der Waals surface area contributed by atoms with Gasteiger partial charge in [-0.2, -0.15) is 5.10 Å². The summed E-state index contributed by atoms with van der Waals surface area (Å²) in [6.07, 6.45) is 7.26. The monoisotopic (exact) mass is 411 g/mol. The molecular formula is C23H33N5O2. The summed E-state index contributed by atoms with van der Waals surface area (Å²) in [5.74, 6) is 0.915. The van der Waals surface area contributed by atoms with Crippen molar-refractivity contribution >= 4 is 11.6 Å². The lowest BCUT2D eigenvalue weighted by Gasteiger charge is -2.38. The minimum atomic E-state index is -0.560. The highest BCUT2D eigenvalue weighted by Gasteiger charge is 2.40. The number of anilines is 1. The average Bonchev–Trinajstić information content (AvgIpc) is 2.88. The van der Waals surface area contributed by atoms with Gasteiger partial charge in [0.15, 0.2) is 0 Å². The molecule has 1 aromatic carbocycles. The molecule has 30 heavy (non-hydrogen) atoms. The van der Waals surface area contributed by atoms with Crippen molar-refractivity contribution in [3.8, 4) is 0 Å². The second-order valence-electron chi connectivity index (χ2n) is 9.04. The number of aromatic nitrogens is 3. The molecule has 2 aliphatic rings. The fraction of sp³-hybridized carbons (Fsp3) is 0.609. The number of hydrogen-bond donors (Lipinski definition) is 2. The van der Waals surface area contributed by atoms with Gasteiger partial charge in [-0.25, -0.2) is 9.48 Å². The van der Waals surface area contributed by atoms with Crippen LogP contribution in [0.2, 0.25) is 0 Å². The fourth-order valence-corrected chi connectivity index (χ4v) is 4.82. The standard InChI is InChI=1S/C23H33N5O2/c1-16-7-8-19(15-17(16)2)25-23(12-5-4-6-13-23)21(29)24-18-9-10-20-26-27(3)22(30)28(20)14-11-18/h7-8,15,18,25H,4-6,9-14H2,1-3H3,(H,24,29). The Labute approximate surface area is 177 Å². The Bertz CT molecular complexity index is 984. The van der Waals surface area contributed by atoms with Gasteiger partial charge in [0.25, 0.3) is 0 Å². The Morgan fingerprint density at radius 3 is 2.63 bits per heavy atom. The van der Waals surface area contributed by atoms with E-state index in [-0.39, 0.29) is 17.6 Å². The van der Waals surface area contributed by atoms with Gasteiger partial charge in [-0.05, 0) is 62.8 Å². The fourth-order valence-electron chi connectivity index (χ4n) is 4.82. The minimum absolute atomic E-state index is 0.0595. The molecule has 1 fully saturated rings. The molecule has 7 nitrogen and oxygen atoms in total. The van der Waals surface area contributed by atoms with Gasteiger partial charge in [0.05, 0.1) is 0 Å². The normalized spacial score (nSPS) is 20.8. The molecule has 1 unspecified atom stereocenters. The Morgan fingerprint density at radius 2 is 1.90 bits per heavy atom. The van der Waals surface area contributed by atoms with Crippen LogP contribution in [0.15, 0.2) is 23.0 Å². The number of amides is 1. The highest BCUT2D eigenvalue weighted by molar-refractivity contribution is 5.89. The highest BCUT2D eigenvalue weighted by Crippen LogP contribution is 2.33. The molecule has 4 rings (SSSR count). The second kappa shape index (κ2) is 8.28. The number of carbonyl (C=O) groups excluding carboxylic acids is 1. The van der Waals surface area contributed by atoms with Crippen LogP contribution in [0.4, 0.5) is 5.69 Å². The first-order chi connectivity index (χ1) is 14.4. The Balaban J connectivity index is 1.48. The summed E-state index contributed by atoms with van der Waals surface area (Å²) in [7, 11) is 1.69. The summed E-state index contributed by atoms with van der Waals surface area (Å²) in [5, 5.41) is 11.3. The van der Waals surface area contributed by atoms with Crippen molar-refractivity contribution in [3.05, 3.63) is 45.6 Å². The number of carbonyl (C=O) groups is 1. The number of nitrogens with zero attached hydrogens (tertiary/aromatic N) is 3. The molecule has 2 aromatic rings. The molecule has 0 saturated heterocycles. The van der Waals surface area contributed by atoms with Crippen LogP contribution in [-0.4, -0.2) is 31.8 Å². The maximum absolute atomic E-state index is 13.5. The van der Waals surface area contributed by atoms with E-state index in [2.05, 4.69) is 47.8 Å². The zero-order chi connectivity index (χ0) is 21.3. The van der Waals surface area contributed by atoms with E-state index in [1.165, 1.54) is 22.2 Å². The average molecular weight is 412 g/mol. The Morgan fingerprint density at radius 1 is 1.13 bits per heavy atom. The molecule has 1 atom stereocenters. The molecule has 0 radical (unpaired) electrons. The van der Waals surface area contributed by atoms with Gasteiger partial charge < -0.3 is 10.6 Å². The van der Waals surface area contributed by atoms with E-state index < -0.39 is 5.54 Å². The lowest BCUT2D eigenvalue weighted by Crippen LogP contribution is -2.56. The summed E-state index contributed by atoms with van der Waals surface area (Å²) >= 11 is 0. The van der Waals surface area contributed by atoms with E-state index in [4.69, 9.17) is 0 Å². The summed E-state index contributed by atoms with van der Waals surface area (Å²) in [6.45, 7) is 4.81. The van der Waals surface area contributed by atoms with E-state index in [9.17, 15) is 9.59 Å². The van der Waals surface area contributed by atoms with Crippen LogP contribution in [0.3, 0.4) is 0 Å². The van der Waals surface area contributed by atoms with Crippen LogP contribution >= 0.6 is 0 Å². The van der Waals surface area contributed by atoms with Crippen LogP contribution in [0.25, 0.3) is 0 Å². The molecule has 1 aromatic heterocycles. The topological polar surface area (TPSA) is 81.0 Å². The largest absolute Gasteiger partial charge is 0.371 e. The number of fused-ring (bicyclic) bond motifs is 1. The van der Waals surface area contributed by atoms with Crippen molar-refractivity contribution in [1.29, 1.82) is 0 Å². The molecular weight excluding hydrogens is 378 g/mol. The van der Waals surface area contributed by atoms with Crippen LogP contribution < -0.4 is 16.3 Å². The zero-order valence-corrected chi connectivity index (χ0v) is 18.3. The summed E-state index contributed by atoms with van der Waals surface area (Å²) in [5.41, 5.74) is 2.86. The van der Waals surface area contributed by atoms with Crippen LogP contribution in [-0.2, 0) is 24.8 Å². The zero-order valence-electron chi connectivity index (χ0n) is 18.3. The number of aryl methyl sites for hydroxylation is 4. The number of benzene rings is 1. The van der Waals surface area contributed by atoms with Crippen molar-refractivity contribution in [2.75, 3.05) is 5.32 Å². The van der Waals surface area contributed by atoms with Crippen LogP contribution in [0.1, 0.15) is 61.9 Å². The predicted octanol–water partition coefficient (Wildman–Crippen LogP) is 2.83. The third-order valence-corrected chi connectivity index (χ3v) is 6.87. The maximum atomic E-state index is 13.5. The first-order valence-corrected chi connectivity index (χ1v) is 11.2. The van der Waals surface area contributed by atoms with Crippen LogP contribution in [0, 0.1) is 13.8 Å². The quantitative estimate of drug-likeness (QED) is 0.811. The van der Waals surface area contributed by atoms with Gasteiger partial charge in [-0.3, -0.25) is 9.36 Å². The molecule has 1 amide bonds. The maximum Gasteiger partial charge on any atom is 0.345 e. The van der Waals surface area contributed by atoms with Gasteiger partial charge >= 0.3 is 5.69 Å². The summed E-state index contributed by atoms with van der Waals surface area (Å²) < 4.78 is 3.15. The number of hydrogen-bond acceptors (Lipinski definition) is 4. The van der Waals surface area contributed by atoms with Crippen LogP contribution in [0.5, 0.6) is 0 Å². The number of nitrogens with one attached hydrogen (secondary N) is 2. The van der Waals surface area contributed by atoms with Gasteiger partial charge in [0, 0.05) is 31.7 Å². The van der Waals surface area contributed by atoms with Gasteiger partial charge in [-0.1, -0.05) is 25.3 Å². The Kier molecular flexibility index (Phi) is 5.71. The van der Waals surface area contributed by atoms with Crippen molar-refractivity contribution in [3.63, 3.8) is 0 Å². The third kappa shape index (κ3) is 4.02. The Hall–Kier alpha value is -2.57. The van der Waals surface area contributed by atoms with E-state index in [0.717, 1.165) is 50.0 Å². The minimum Gasteiger partial charge on any atom is -0.371 e. The SMILES string of the molecule is Cc1ccc(NC2(C(=O)NC3CCc4nn(C)c(=O)n4CC3)CCCCC2)cc1C. The second-order valence-corrected chi connectivity index (χ2v) is 9.04. The molecule has 2 heterocycles. The first kappa shape index (κ1) is 20.7. The van der Waals surface area contributed by atoms with Crippen molar-refractivity contribution in [2.24, 2.45) is 7.05 Å². The predicted molar refractivity (Wildman–Crippen MR) is 118 cm³/mol. The smallest absolute Gasteiger partial charge is 0.345 e. The van der Waals surface area contributed by atoms with Crippen molar-refractivity contribution in [1.82, 2.24) is 19.7 Å². The molecule has 7 heteroatoms. The van der Waals surface area contributed by atoms with Crippen molar-refractivity contribution < 1.29 is 4.79 Å². The molecule has 1 saturated carbocycles. The van der Waals surface area contributed by atoms with E-state index in [0.29, 0.717) is 13.0 Å². The molecule has 0 bridgehead atoms. The number of rotatable bonds is 4. The van der Waals surface area contributed by atoms with Gasteiger partial charge in [0.1, 0.15) is 11.4 Å². The summed E-state index contributed by atoms with van der Waals surface area (Å²) in [6, 6.07) is 6.38. The molecule has 0 spiro atoms. The van der Waals surface area contributed by atoms with E-state index in [1.54, 1.807) is 11.6 Å². The van der Waals surface area contributed by atoms with Gasteiger partial charge in [0.2, 0.25) is 5.91 Å². The molecule has 1 aliphatic heterocycles. The molecule has 162 valence electrons.